The van der Waals surface area contributed by atoms with Gasteiger partial charge in [-0.3, -0.25) is 0 Å². The summed E-state index contributed by atoms with van der Waals surface area (Å²) in [5.41, 5.74) is 5.66. The van der Waals surface area contributed by atoms with Crippen LogP contribution in [0.15, 0.2) is 48.9 Å². The van der Waals surface area contributed by atoms with E-state index in [0.717, 1.165) is 19.2 Å². The summed E-state index contributed by atoms with van der Waals surface area (Å²) < 4.78 is 43.4. The van der Waals surface area contributed by atoms with Crippen molar-refractivity contribution in [3.05, 3.63) is 77.5 Å². The number of nitrogens with two attached hydrogens (primary N) is 1. The summed E-state index contributed by atoms with van der Waals surface area (Å²) >= 11 is 0. The highest BCUT2D eigenvalue weighted by atomic mass is 19.2. The van der Waals surface area contributed by atoms with E-state index in [9.17, 15) is 13.2 Å². The summed E-state index contributed by atoms with van der Waals surface area (Å²) in [6.45, 7) is 0.376. The molecule has 0 spiro atoms. The SMILES string of the molecule is Nc1c(F)c(CNCCCc2ccccc2)c(F)c(F)c1-c1ccncn1. The number of hydrogen-bond donors (Lipinski definition) is 2. The molecule has 0 aliphatic rings. The minimum Gasteiger partial charge on any atom is -0.396 e. The molecule has 2 aromatic carbocycles. The average molecular weight is 372 g/mol. The normalized spacial score (nSPS) is 10.9. The summed E-state index contributed by atoms with van der Waals surface area (Å²) in [7, 11) is 0. The lowest BCUT2D eigenvalue weighted by molar-refractivity contribution is 0.474. The predicted octanol–water partition coefficient (Wildman–Crippen LogP) is 3.87. The van der Waals surface area contributed by atoms with Gasteiger partial charge >= 0.3 is 0 Å². The molecule has 0 unspecified atom stereocenters. The van der Waals surface area contributed by atoms with E-state index in [1.807, 2.05) is 30.3 Å². The number of hydrogen-bond acceptors (Lipinski definition) is 4. The highest BCUT2D eigenvalue weighted by molar-refractivity contribution is 5.75. The number of halogens is 3. The van der Waals surface area contributed by atoms with Crippen molar-refractivity contribution in [3.63, 3.8) is 0 Å². The van der Waals surface area contributed by atoms with E-state index in [-0.39, 0.29) is 17.8 Å². The zero-order valence-corrected chi connectivity index (χ0v) is 14.6. The molecule has 3 aromatic rings. The van der Waals surface area contributed by atoms with Crippen molar-refractivity contribution < 1.29 is 13.2 Å². The van der Waals surface area contributed by atoms with Crippen LogP contribution in [0.25, 0.3) is 11.3 Å². The van der Waals surface area contributed by atoms with E-state index >= 15 is 0 Å². The Kier molecular flexibility index (Phi) is 6.03. The molecular weight excluding hydrogens is 353 g/mol. The maximum absolute atomic E-state index is 14.5. The molecule has 4 nitrogen and oxygen atoms in total. The van der Waals surface area contributed by atoms with Gasteiger partial charge in [-0.05, 0) is 31.0 Å². The van der Waals surface area contributed by atoms with E-state index in [0.29, 0.717) is 6.54 Å². The molecule has 0 amide bonds. The summed E-state index contributed by atoms with van der Waals surface area (Å²) in [5.74, 6) is -3.45. The molecule has 0 saturated heterocycles. The first-order chi connectivity index (χ1) is 13.1. The minimum absolute atomic E-state index is 0.0279. The fourth-order valence-electron chi connectivity index (χ4n) is 2.85. The third kappa shape index (κ3) is 4.25. The van der Waals surface area contributed by atoms with Crippen molar-refractivity contribution >= 4 is 5.69 Å². The van der Waals surface area contributed by atoms with Gasteiger partial charge in [0.15, 0.2) is 17.5 Å². The van der Waals surface area contributed by atoms with Crippen LogP contribution in [0.4, 0.5) is 18.9 Å². The highest BCUT2D eigenvalue weighted by Gasteiger charge is 2.24. The van der Waals surface area contributed by atoms with Gasteiger partial charge in [-0.25, -0.2) is 23.1 Å². The minimum atomic E-state index is -1.26. The predicted molar refractivity (Wildman–Crippen MR) is 98.2 cm³/mol. The van der Waals surface area contributed by atoms with Crippen molar-refractivity contribution in [2.45, 2.75) is 19.4 Å². The monoisotopic (exact) mass is 372 g/mol. The lowest BCUT2D eigenvalue weighted by atomic mass is 10.0. The van der Waals surface area contributed by atoms with Gasteiger partial charge in [0.2, 0.25) is 0 Å². The van der Waals surface area contributed by atoms with Gasteiger partial charge in [0.25, 0.3) is 0 Å². The Labute approximate surface area is 155 Å². The highest BCUT2D eigenvalue weighted by Crippen LogP contribution is 2.33. The first-order valence-corrected chi connectivity index (χ1v) is 8.55. The van der Waals surface area contributed by atoms with Crippen LogP contribution in [0.3, 0.4) is 0 Å². The van der Waals surface area contributed by atoms with Crippen LogP contribution in [0.1, 0.15) is 17.5 Å². The molecule has 7 heteroatoms. The number of anilines is 1. The lowest BCUT2D eigenvalue weighted by Gasteiger charge is -2.14. The molecule has 27 heavy (non-hydrogen) atoms. The number of nitrogens with zero attached hydrogens (tertiary/aromatic N) is 2. The van der Waals surface area contributed by atoms with Crippen molar-refractivity contribution in [2.24, 2.45) is 0 Å². The second-order valence-corrected chi connectivity index (χ2v) is 6.07. The van der Waals surface area contributed by atoms with E-state index in [2.05, 4.69) is 15.3 Å². The number of benzene rings is 2. The Balaban J connectivity index is 1.69. The number of aromatic nitrogens is 2. The van der Waals surface area contributed by atoms with Crippen LogP contribution >= 0.6 is 0 Å². The van der Waals surface area contributed by atoms with Crippen LogP contribution in [-0.2, 0) is 13.0 Å². The Bertz CT molecular complexity index is 873. The number of nitrogen functional groups attached to an aromatic ring is 1. The third-order valence-electron chi connectivity index (χ3n) is 4.25. The molecule has 3 N–H and O–H groups in total. The van der Waals surface area contributed by atoms with Crippen LogP contribution in [0, 0.1) is 17.5 Å². The van der Waals surface area contributed by atoms with Crippen LogP contribution < -0.4 is 11.1 Å². The maximum atomic E-state index is 14.5. The Hall–Kier alpha value is -2.93. The third-order valence-corrected chi connectivity index (χ3v) is 4.25. The van der Waals surface area contributed by atoms with Gasteiger partial charge in [0.1, 0.15) is 6.33 Å². The van der Waals surface area contributed by atoms with E-state index in [4.69, 9.17) is 5.73 Å². The standard InChI is InChI=1S/C20H19F3N4/c21-17-14(11-25-9-4-7-13-5-2-1-3-6-13)18(22)20(24)16(19(17)23)15-8-10-26-12-27-15/h1-3,5-6,8,10,12,25H,4,7,9,11,24H2. The fourth-order valence-corrected chi connectivity index (χ4v) is 2.85. The molecule has 140 valence electrons. The molecular formula is C20H19F3N4. The van der Waals surface area contributed by atoms with Crippen LogP contribution in [-0.4, -0.2) is 16.5 Å². The van der Waals surface area contributed by atoms with Gasteiger partial charge in [0.05, 0.1) is 16.9 Å². The summed E-state index contributed by atoms with van der Waals surface area (Å²) in [6, 6.07) is 11.2. The lowest BCUT2D eigenvalue weighted by Crippen LogP contribution is -2.19. The quantitative estimate of drug-likeness (QED) is 0.375. The zero-order valence-electron chi connectivity index (χ0n) is 14.6. The van der Waals surface area contributed by atoms with Gasteiger partial charge in [0, 0.05) is 18.3 Å². The smallest absolute Gasteiger partial charge is 0.170 e. The van der Waals surface area contributed by atoms with Gasteiger partial charge < -0.3 is 11.1 Å². The molecule has 0 radical (unpaired) electrons. The maximum Gasteiger partial charge on any atom is 0.170 e. The molecule has 1 aromatic heterocycles. The van der Waals surface area contributed by atoms with Gasteiger partial charge in [-0.15, -0.1) is 0 Å². The van der Waals surface area contributed by atoms with Crippen LogP contribution in [0.5, 0.6) is 0 Å². The number of rotatable bonds is 7. The largest absolute Gasteiger partial charge is 0.396 e. The van der Waals surface area contributed by atoms with Crippen molar-refractivity contribution in [1.29, 1.82) is 0 Å². The molecule has 0 fully saturated rings. The molecule has 0 aliphatic heterocycles. The molecule has 1 heterocycles. The molecule has 3 rings (SSSR count). The first-order valence-electron chi connectivity index (χ1n) is 8.55. The molecule has 0 saturated carbocycles. The summed E-state index contributed by atoms with van der Waals surface area (Å²) in [5, 5.41) is 2.94. The van der Waals surface area contributed by atoms with Gasteiger partial charge in [-0.1, -0.05) is 30.3 Å². The van der Waals surface area contributed by atoms with Crippen LogP contribution in [0.2, 0.25) is 0 Å². The topological polar surface area (TPSA) is 63.8 Å². The fraction of sp³-hybridized carbons (Fsp3) is 0.200. The second kappa shape index (κ2) is 8.64. The van der Waals surface area contributed by atoms with Crippen molar-refractivity contribution in [1.82, 2.24) is 15.3 Å². The first kappa shape index (κ1) is 18.8. The molecule has 0 aliphatic carbocycles. The Morgan fingerprint density at radius 3 is 2.44 bits per heavy atom. The van der Waals surface area contributed by atoms with E-state index in [1.165, 1.54) is 17.8 Å². The van der Waals surface area contributed by atoms with Crippen molar-refractivity contribution in [2.75, 3.05) is 12.3 Å². The molecule has 0 atom stereocenters. The second-order valence-electron chi connectivity index (χ2n) is 6.07. The number of aryl methyl sites for hydroxylation is 1. The Morgan fingerprint density at radius 2 is 1.74 bits per heavy atom. The van der Waals surface area contributed by atoms with Gasteiger partial charge in [-0.2, -0.15) is 0 Å². The zero-order chi connectivity index (χ0) is 19.2. The average Bonchev–Trinajstić information content (AvgIpc) is 2.70. The van der Waals surface area contributed by atoms with Crippen molar-refractivity contribution in [3.8, 4) is 11.3 Å². The number of nitrogens with one attached hydrogen (secondary N) is 1. The van der Waals surface area contributed by atoms with E-state index in [1.54, 1.807) is 0 Å². The summed E-state index contributed by atoms with van der Waals surface area (Å²) in [4.78, 5) is 7.52. The summed E-state index contributed by atoms with van der Waals surface area (Å²) in [6.07, 6.45) is 4.12. The van der Waals surface area contributed by atoms with E-state index < -0.39 is 28.7 Å². The molecule has 0 bridgehead atoms. The Morgan fingerprint density at radius 1 is 0.963 bits per heavy atom.